The summed E-state index contributed by atoms with van der Waals surface area (Å²) < 4.78 is 0. The standard InChI is InChI=1S/C14H19ClN2O2/c1-2-8-16-13(18)7-9-17-14(19)12-5-3-11(10-15)4-6-12/h3-6H,2,7-10H2,1H3,(H,16,18)(H,17,19). The molecule has 1 aromatic carbocycles. The quantitative estimate of drug-likeness (QED) is 0.752. The Bertz CT molecular complexity index is 418. The van der Waals surface area contributed by atoms with Gasteiger partial charge < -0.3 is 10.6 Å². The zero-order valence-electron chi connectivity index (χ0n) is 11.0. The van der Waals surface area contributed by atoms with Crippen molar-refractivity contribution in [3.05, 3.63) is 35.4 Å². The Kier molecular flexibility index (Phi) is 6.97. The molecule has 0 unspecified atom stereocenters. The molecule has 0 radical (unpaired) electrons. The lowest BCUT2D eigenvalue weighted by Crippen LogP contribution is -2.31. The number of hydrogen-bond donors (Lipinski definition) is 2. The number of carbonyl (C=O) groups is 2. The molecule has 0 aliphatic rings. The Balaban J connectivity index is 2.32. The van der Waals surface area contributed by atoms with Gasteiger partial charge in [-0.3, -0.25) is 9.59 Å². The van der Waals surface area contributed by atoms with E-state index in [1.807, 2.05) is 19.1 Å². The van der Waals surface area contributed by atoms with Gasteiger partial charge in [-0.15, -0.1) is 11.6 Å². The van der Waals surface area contributed by atoms with Gasteiger partial charge in [0, 0.05) is 31.0 Å². The number of carbonyl (C=O) groups excluding carboxylic acids is 2. The van der Waals surface area contributed by atoms with Gasteiger partial charge in [0.1, 0.15) is 0 Å². The minimum absolute atomic E-state index is 0.0420. The number of halogens is 1. The first-order valence-electron chi connectivity index (χ1n) is 6.37. The van der Waals surface area contributed by atoms with E-state index >= 15 is 0 Å². The van der Waals surface area contributed by atoms with E-state index < -0.39 is 0 Å². The Morgan fingerprint density at radius 2 is 1.79 bits per heavy atom. The van der Waals surface area contributed by atoms with E-state index in [1.54, 1.807) is 12.1 Å². The lowest BCUT2D eigenvalue weighted by molar-refractivity contribution is -0.120. The van der Waals surface area contributed by atoms with Crippen LogP contribution in [0.5, 0.6) is 0 Å². The Hall–Kier alpha value is -1.55. The summed E-state index contributed by atoms with van der Waals surface area (Å²) in [6.07, 6.45) is 1.20. The summed E-state index contributed by atoms with van der Waals surface area (Å²) in [6, 6.07) is 7.08. The Morgan fingerprint density at radius 3 is 2.37 bits per heavy atom. The second kappa shape index (κ2) is 8.53. The highest BCUT2D eigenvalue weighted by molar-refractivity contribution is 6.17. The molecule has 19 heavy (non-hydrogen) atoms. The highest BCUT2D eigenvalue weighted by Crippen LogP contribution is 2.06. The van der Waals surface area contributed by atoms with Crippen molar-refractivity contribution in [1.29, 1.82) is 0 Å². The normalized spacial score (nSPS) is 10.0. The van der Waals surface area contributed by atoms with Crippen LogP contribution in [0.3, 0.4) is 0 Å². The molecular weight excluding hydrogens is 264 g/mol. The average Bonchev–Trinajstić information content (AvgIpc) is 2.45. The van der Waals surface area contributed by atoms with Crippen molar-refractivity contribution in [2.24, 2.45) is 0 Å². The number of alkyl halides is 1. The molecule has 0 aromatic heterocycles. The number of nitrogens with one attached hydrogen (secondary N) is 2. The Morgan fingerprint density at radius 1 is 1.11 bits per heavy atom. The predicted molar refractivity (Wildman–Crippen MR) is 76.2 cm³/mol. The number of hydrogen-bond acceptors (Lipinski definition) is 2. The van der Waals surface area contributed by atoms with E-state index in [2.05, 4.69) is 10.6 Å². The van der Waals surface area contributed by atoms with Gasteiger partial charge >= 0.3 is 0 Å². The second-order valence-electron chi connectivity index (χ2n) is 4.19. The van der Waals surface area contributed by atoms with E-state index in [1.165, 1.54) is 0 Å². The van der Waals surface area contributed by atoms with Crippen LogP contribution in [-0.4, -0.2) is 24.9 Å². The van der Waals surface area contributed by atoms with Crippen molar-refractivity contribution >= 4 is 23.4 Å². The van der Waals surface area contributed by atoms with Gasteiger partial charge in [-0.1, -0.05) is 19.1 Å². The molecule has 0 aliphatic heterocycles. The molecule has 5 heteroatoms. The van der Waals surface area contributed by atoms with Crippen LogP contribution in [0.2, 0.25) is 0 Å². The number of amides is 2. The van der Waals surface area contributed by atoms with Crippen LogP contribution in [0.15, 0.2) is 24.3 Å². The fraction of sp³-hybridized carbons (Fsp3) is 0.429. The molecule has 0 spiro atoms. The summed E-state index contributed by atoms with van der Waals surface area (Å²) in [6.45, 7) is 3.00. The molecule has 104 valence electrons. The van der Waals surface area contributed by atoms with Crippen molar-refractivity contribution in [3.8, 4) is 0 Å². The van der Waals surface area contributed by atoms with E-state index in [4.69, 9.17) is 11.6 Å². The van der Waals surface area contributed by atoms with E-state index in [0.29, 0.717) is 31.0 Å². The van der Waals surface area contributed by atoms with Gasteiger partial charge in [-0.2, -0.15) is 0 Å². The van der Waals surface area contributed by atoms with Gasteiger partial charge in [-0.05, 0) is 24.1 Å². The maximum atomic E-state index is 11.8. The summed E-state index contributed by atoms with van der Waals surface area (Å²) in [4.78, 5) is 23.1. The summed E-state index contributed by atoms with van der Waals surface area (Å²) in [5.41, 5.74) is 1.54. The molecule has 0 fully saturated rings. The first-order chi connectivity index (χ1) is 9.17. The van der Waals surface area contributed by atoms with E-state index in [9.17, 15) is 9.59 Å². The van der Waals surface area contributed by atoms with Crippen LogP contribution < -0.4 is 10.6 Å². The monoisotopic (exact) mass is 282 g/mol. The average molecular weight is 283 g/mol. The zero-order valence-corrected chi connectivity index (χ0v) is 11.8. The maximum absolute atomic E-state index is 11.8. The summed E-state index contributed by atoms with van der Waals surface area (Å²) in [7, 11) is 0. The van der Waals surface area contributed by atoms with Crippen molar-refractivity contribution in [3.63, 3.8) is 0 Å². The smallest absolute Gasteiger partial charge is 0.251 e. The van der Waals surface area contributed by atoms with Crippen LogP contribution in [0, 0.1) is 0 Å². The van der Waals surface area contributed by atoms with Crippen molar-refractivity contribution in [1.82, 2.24) is 10.6 Å². The van der Waals surface area contributed by atoms with Gasteiger partial charge in [0.15, 0.2) is 0 Å². The molecule has 0 atom stereocenters. The van der Waals surface area contributed by atoms with Crippen LogP contribution in [0.25, 0.3) is 0 Å². The lowest BCUT2D eigenvalue weighted by Gasteiger charge is -2.06. The molecule has 0 saturated heterocycles. The largest absolute Gasteiger partial charge is 0.356 e. The SMILES string of the molecule is CCCNC(=O)CCNC(=O)c1ccc(CCl)cc1. The molecule has 0 saturated carbocycles. The first-order valence-corrected chi connectivity index (χ1v) is 6.90. The molecule has 2 N–H and O–H groups in total. The zero-order chi connectivity index (χ0) is 14.1. The molecule has 2 amide bonds. The van der Waals surface area contributed by atoms with Gasteiger partial charge in [-0.25, -0.2) is 0 Å². The summed E-state index contributed by atoms with van der Waals surface area (Å²) >= 11 is 5.67. The predicted octanol–water partition coefficient (Wildman–Crippen LogP) is 2.07. The van der Waals surface area contributed by atoms with Crippen LogP contribution >= 0.6 is 11.6 Å². The highest BCUT2D eigenvalue weighted by atomic mass is 35.5. The fourth-order valence-corrected chi connectivity index (χ4v) is 1.67. The molecule has 4 nitrogen and oxygen atoms in total. The van der Waals surface area contributed by atoms with Crippen molar-refractivity contribution in [2.45, 2.75) is 25.6 Å². The fourth-order valence-electron chi connectivity index (χ4n) is 1.49. The molecule has 0 bridgehead atoms. The third-order valence-electron chi connectivity index (χ3n) is 2.58. The molecule has 0 heterocycles. The second-order valence-corrected chi connectivity index (χ2v) is 4.45. The summed E-state index contributed by atoms with van der Waals surface area (Å²) in [5.74, 6) is 0.212. The van der Waals surface area contributed by atoms with Crippen LogP contribution in [-0.2, 0) is 10.7 Å². The first kappa shape index (κ1) is 15.5. The number of benzene rings is 1. The topological polar surface area (TPSA) is 58.2 Å². The van der Waals surface area contributed by atoms with Crippen molar-refractivity contribution < 1.29 is 9.59 Å². The molecular formula is C14H19ClN2O2. The lowest BCUT2D eigenvalue weighted by atomic mass is 10.1. The Labute approximate surface area is 118 Å². The summed E-state index contributed by atoms with van der Waals surface area (Å²) in [5, 5.41) is 5.47. The van der Waals surface area contributed by atoms with Gasteiger partial charge in [0.2, 0.25) is 5.91 Å². The van der Waals surface area contributed by atoms with E-state index in [0.717, 1.165) is 12.0 Å². The van der Waals surface area contributed by atoms with Gasteiger partial charge in [0.05, 0.1) is 0 Å². The number of rotatable bonds is 7. The molecule has 1 rings (SSSR count). The third-order valence-corrected chi connectivity index (χ3v) is 2.89. The van der Waals surface area contributed by atoms with Crippen molar-refractivity contribution in [2.75, 3.05) is 13.1 Å². The highest BCUT2D eigenvalue weighted by Gasteiger charge is 2.06. The van der Waals surface area contributed by atoms with Gasteiger partial charge in [0.25, 0.3) is 5.91 Å². The minimum Gasteiger partial charge on any atom is -0.356 e. The van der Waals surface area contributed by atoms with E-state index in [-0.39, 0.29) is 11.8 Å². The van der Waals surface area contributed by atoms with Crippen LogP contribution in [0.1, 0.15) is 35.7 Å². The van der Waals surface area contributed by atoms with Crippen LogP contribution in [0.4, 0.5) is 0 Å². The third kappa shape index (κ3) is 5.75. The molecule has 0 aliphatic carbocycles. The maximum Gasteiger partial charge on any atom is 0.251 e. The molecule has 1 aromatic rings. The minimum atomic E-state index is -0.176.